The van der Waals surface area contributed by atoms with E-state index < -0.39 is 11.9 Å². The molecule has 0 spiro atoms. The Morgan fingerprint density at radius 2 is 2.11 bits per heavy atom. The van der Waals surface area contributed by atoms with Gasteiger partial charge in [0.25, 0.3) is 0 Å². The number of aliphatic carboxylic acids is 1. The number of rotatable bonds is 4. The number of urea groups is 1. The summed E-state index contributed by atoms with van der Waals surface area (Å²) >= 11 is 0. The van der Waals surface area contributed by atoms with Gasteiger partial charge in [-0.2, -0.15) is 0 Å². The fraction of sp³-hybridized carbons (Fsp3) is 0.846. The lowest BCUT2D eigenvalue weighted by Crippen LogP contribution is -2.49. The number of carbonyl (C=O) groups excluding carboxylic acids is 1. The average Bonchev–Trinajstić information content (AvgIpc) is 2.27. The number of nitrogens with one attached hydrogen (secondary N) is 1. The molecule has 1 heterocycles. The Kier molecular flexibility index (Phi) is 4.99. The Hall–Kier alpha value is -1.26. The second-order valence-corrected chi connectivity index (χ2v) is 5.82. The van der Waals surface area contributed by atoms with Gasteiger partial charge in [-0.15, -0.1) is 0 Å². The predicted octanol–water partition coefficient (Wildman–Crippen LogP) is 1.93. The molecule has 18 heavy (non-hydrogen) atoms. The van der Waals surface area contributed by atoms with Gasteiger partial charge in [0.15, 0.2) is 0 Å². The molecule has 1 unspecified atom stereocenters. The van der Waals surface area contributed by atoms with E-state index in [0.717, 1.165) is 25.9 Å². The predicted molar refractivity (Wildman–Crippen MR) is 69.4 cm³/mol. The first-order valence-corrected chi connectivity index (χ1v) is 6.61. The van der Waals surface area contributed by atoms with E-state index in [1.807, 2.05) is 6.92 Å². The fourth-order valence-corrected chi connectivity index (χ4v) is 2.33. The van der Waals surface area contributed by atoms with Crippen molar-refractivity contribution < 1.29 is 14.7 Å². The summed E-state index contributed by atoms with van der Waals surface area (Å²) in [6.45, 7) is 7.83. The van der Waals surface area contributed by atoms with E-state index in [9.17, 15) is 9.59 Å². The fourth-order valence-electron chi connectivity index (χ4n) is 2.33. The summed E-state index contributed by atoms with van der Waals surface area (Å²) in [5.74, 6) is -1.34. The zero-order chi connectivity index (χ0) is 13.8. The Balaban J connectivity index is 2.43. The minimum absolute atomic E-state index is 0.137. The SMILES string of the molecule is CCC(CNC(=O)N1CCCC(C)(C)C1)C(=O)O. The van der Waals surface area contributed by atoms with Crippen LogP contribution in [0.1, 0.15) is 40.0 Å². The number of likely N-dealkylation sites (tertiary alicyclic amines) is 1. The number of amides is 2. The lowest BCUT2D eigenvalue weighted by Gasteiger charge is -2.38. The van der Waals surface area contributed by atoms with Gasteiger partial charge in [-0.1, -0.05) is 20.8 Å². The lowest BCUT2D eigenvalue weighted by molar-refractivity contribution is -0.141. The third kappa shape index (κ3) is 4.20. The van der Waals surface area contributed by atoms with Crippen molar-refractivity contribution in [1.82, 2.24) is 10.2 Å². The van der Waals surface area contributed by atoms with Crippen molar-refractivity contribution in [2.75, 3.05) is 19.6 Å². The zero-order valence-corrected chi connectivity index (χ0v) is 11.5. The van der Waals surface area contributed by atoms with Crippen molar-refractivity contribution in [3.63, 3.8) is 0 Å². The van der Waals surface area contributed by atoms with Crippen molar-refractivity contribution in [3.8, 4) is 0 Å². The van der Waals surface area contributed by atoms with Gasteiger partial charge in [-0.3, -0.25) is 4.79 Å². The van der Waals surface area contributed by atoms with Crippen LogP contribution in [0.5, 0.6) is 0 Å². The van der Waals surface area contributed by atoms with Gasteiger partial charge in [0.1, 0.15) is 0 Å². The summed E-state index contributed by atoms with van der Waals surface area (Å²) in [5, 5.41) is 11.6. The highest BCUT2D eigenvalue weighted by Gasteiger charge is 2.29. The summed E-state index contributed by atoms with van der Waals surface area (Å²) < 4.78 is 0. The van der Waals surface area contributed by atoms with Crippen LogP contribution in [0, 0.1) is 11.3 Å². The molecule has 0 aliphatic carbocycles. The molecule has 2 N–H and O–H groups in total. The molecule has 0 aromatic rings. The molecule has 0 bridgehead atoms. The molecule has 1 atom stereocenters. The maximum Gasteiger partial charge on any atom is 0.317 e. The zero-order valence-electron chi connectivity index (χ0n) is 11.5. The van der Waals surface area contributed by atoms with Gasteiger partial charge in [0, 0.05) is 19.6 Å². The number of hydrogen-bond acceptors (Lipinski definition) is 2. The number of carbonyl (C=O) groups is 2. The van der Waals surface area contributed by atoms with Gasteiger partial charge < -0.3 is 15.3 Å². The first-order chi connectivity index (χ1) is 8.35. The maximum atomic E-state index is 12.0. The van der Waals surface area contributed by atoms with Crippen LogP contribution in [0.4, 0.5) is 4.79 Å². The van der Waals surface area contributed by atoms with Crippen molar-refractivity contribution in [3.05, 3.63) is 0 Å². The summed E-state index contributed by atoms with van der Waals surface area (Å²) in [7, 11) is 0. The third-order valence-corrected chi connectivity index (χ3v) is 3.53. The highest BCUT2D eigenvalue weighted by molar-refractivity contribution is 5.76. The molecule has 0 aromatic carbocycles. The van der Waals surface area contributed by atoms with Crippen LogP contribution in [-0.4, -0.2) is 41.6 Å². The molecule has 1 saturated heterocycles. The Labute approximate surface area is 109 Å². The molecular weight excluding hydrogens is 232 g/mol. The Bertz CT molecular complexity index is 315. The molecule has 1 rings (SSSR count). The molecule has 104 valence electrons. The minimum atomic E-state index is -0.850. The minimum Gasteiger partial charge on any atom is -0.481 e. The van der Waals surface area contributed by atoms with Gasteiger partial charge >= 0.3 is 12.0 Å². The van der Waals surface area contributed by atoms with Gasteiger partial charge in [-0.05, 0) is 24.7 Å². The molecule has 0 aromatic heterocycles. The molecule has 2 amide bonds. The van der Waals surface area contributed by atoms with E-state index in [1.165, 1.54) is 0 Å². The summed E-state index contributed by atoms with van der Waals surface area (Å²) in [6.07, 6.45) is 2.67. The normalized spacial score (nSPS) is 20.3. The standard InChI is InChI=1S/C13H24N2O3/c1-4-10(11(16)17)8-14-12(18)15-7-5-6-13(2,3)9-15/h10H,4-9H2,1-3H3,(H,14,18)(H,16,17). The quantitative estimate of drug-likeness (QED) is 0.807. The monoisotopic (exact) mass is 256 g/mol. The molecule has 5 nitrogen and oxygen atoms in total. The van der Waals surface area contributed by atoms with E-state index in [2.05, 4.69) is 19.2 Å². The van der Waals surface area contributed by atoms with E-state index in [4.69, 9.17) is 5.11 Å². The van der Waals surface area contributed by atoms with Crippen LogP contribution in [0.3, 0.4) is 0 Å². The Morgan fingerprint density at radius 1 is 1.44 bits per heavy atom. The molecule has 0 radical (unpaired) electrons. The first kappa shape index (κ1) is 14.8. The number of hydrogen-bond donors (Lipinski definition) is 2. The second kappa shape index (κ2) is 6.07. The van der Waals surface area contributed by atoms with Crippen molar-refractivity contribution in [2.24, 2.45) is 11.3 Å². The molecular formula is C13H24N2O3. The maximum absolute atomic E-state index is 12.0. The van der Waals surface area contributed by atoms with Crippen LogP contribution >= 0.6 is 0 Å². The van der Waals surface area contributed by atoms with Crippen LogP contribution in [0.25, 0.3) is 0 Å². The number of nitrogens with zero attached hydrogens (tertiary/aromatic N) is 1. The van der Waals surface area contributed by atoms with Crippen LogP contribution in [0.2, 0.25) is 0 Å². The van der Waals surface area contributed by atoms with E-state index >= 15 is 0 Å². The van der Waals surface area contributed by atoms with Crippen LogP contribution in [-0.2, 0) is 4.79 Å². The van der Waals surface area contributed by atoms with Crippen molar-refractivity contribution >= 4 is 12.0 Å². The number of carboxylic acid groups (broad SMARTS) is 1. The second-order valence-electron chi connectivity index (χ2n) is 5.82. The number of piperidine rings is 1. The molecule has 5 heteroatoms. The van der Waals surface area contributed by atoms with E-state index in [-0.39, 0.29) is 18.0 Å². The van der Waals surface area contributed by atoms with Crippen molar-refractivity contribution in [2.45, 2.75) is 40.0 Å². The van der Waals surface area contributed by atoms with E-state index in [0.29, 0.717) is 6.42 Å². The third-order valence-electron chi connectivity index (χ3n) is 3.53. The van der Waals surface area contributed by atoms with Gasteiger partial charge in [0.05, 0.1) is 5.92 Å². The molecule has 1 aliphatic heterocycles. The molecule has 1 fully saturated rings. The van der Waals surface area contributed by atoms with Crippen LogP contribution in [0.15, 0.2) is 0 Å². The number of carboxylic acids is 1. The van der Waals surface area contributed by atoms with E-state index in [1.54, 1.807) is 4.90 Å². The first-order valence-electron chi connectivity index (χ1n) is 6.61. The lowest BCUT2D eigenvalue weighted by atomic mass is 9.84. The average molecular weight is 256 g/mol. The highest BCUT2D eigenvalue weighted by atomic mass is 16.4. The Morgan fingerprint density at radius 3 is 2.61 bits per heavy atom. The summed E-state index contributed by atoms with van der Waals surface area (Å²) in [6, 6.07) is -0.137. The largest absolute Gasteiger partial charge is 0.481 e. The van der Waals surface area contributed by atoms with Gasteiger partial charge in [-0.25, -0.2) is 4.79 Å². The van der Waals surface area contributed by atoms with Gasteiger partial charge in [0.2, 0.25) is 0 Å². The summed E-state index contributed by atoms with van der Waals surface area (Å²) in [5.41, 5.74) is 0.159. The summed E-state index contributed by atoms with van der Waals surface area (Å²) in [4.78, 5) is 24.6. The molecule has 1 aliphatic rings. The molecule has 0 saturated carbocycles. The smallest absolute Gasteiger partial charge is 0.317 e. The highest BCUT2D eigenvalue weighted by Crippen LogP contribution is 2.28. The van der Waals surface area contributed by atoms with Crippen LogP contribution < -0.4 is 5.32 Å². The topological polar surface area (TPSA) is 69.6 Å². The van der Waals surface area contributed by atoms with Crippen molar-refractivity contribution in [1.29, 1.82) is 0 Å².